The predicted molar refractivity (Wildman–Crippen MR) is 98.1 cm³/mol. The molecule has 1 amide bonds. The van der Waals surface area contributed by atoms with Crippen molar-refractivity contribution in [3.8, 4) is 0 Å². The van der Waals surface area contributed by atoms with Gasteiger partial charge in [-0.3, -0.25) is 9.59 Å². The number of ketones is 1. The predicted octanol–water partition coefficient (Wildman–Crippen LogP) is 3.26. The Morgan fingerprint density at radius 2 is 1.81 bits per heavy atom. The van der Waals surface area contributed by atoms with Crippen LogP contribution in [0.15, 0.2) is 48.5 Å². The molecule has 3 rings (SSSR count). The summed E-state index contributed by atoms with van der Waals surface area (Å²) in [5, 5.41) is 2.80. The minimum atomic E-state index is -0.559. The van der Waals surface area contributed by atoms with Gasteiger partial charge in [-0.2, -0.15) is 0 Å². The van der Waals surface area contributed by atoms with Crippen molar-refractivity contribution in [1.29, 1.82) is 0 Å². The van der Waals surface area contributed by atoms with Crippen molar-refractivity contribution in [3.63, 3.8) is 0 Å². The van der Waals surface area contributed by atoms with Crippen LogP contribution >= 0.6 is 0 Å². The summed E-state index contributed by atoms with van der Waals surface area (Å²) in [5.41, 5.74) is 1.72. The zero-order valence-electron chi connectivity index (χ0n) is 14.4. The standard InChI is InChI=1S/C20H21FN2O3/c21-18-7-2-1-6-17(18)19(24)8-9-20(25)22-15-4-3-5-16(14-15)23-10-12-26-13-11-23/h1-7,14H,8-13H2,(H,22,25). The molecule has 5 nitrogen and oxygen atoms in total. The minimum Gasteiger partial charge on any atom is -0.378 e. The Hall–Kier alpha value is -2.73. The highest BCUT2D eigenvalue weighted by atomic mass is 19.1. The molecule has 0 spiro atoms. The lowest BCUT2D eigenvalue weighted by Crippen LogP contribution is -2.36. The van der Waals surface area contributed by atoms with E-state index in [1.165, 1.54) is 18.2 Å². The number of anilines is 2. The lowest BCUT2D eigenvalue weighted by atomic mass is 10.1. The summed E-state index contributed by atoms with van der Waals surface area (Å²) in [7, 11) is 0. The Labute approximate surface area is 151 Å². The van der Waals surface area contributed by atoms with Crippen molar-refractivity contribution in [1.82, 2.24) is 0 Å². The number of benzene rings is 2. The smallest absolute Gasteiger partial charge is 0.224 e. The van der Waals surface area contributed by atoms with Gasteiger partial charge in [0.2, 0.25) is 5.91 Å². The van der Waals surface area contributed by atoms with Gasteiger partial charge in [0, 0.05) is 37.3 Å². The molecule has 0 aliphatic carbocycles. The summed E-state index contributed by atoms with van der Waals surface area (Å²) in [4.78, 5) is 26.4. The van der Waals surface area contributed by atoms with Gasteiger partial charge in [0.05, 0.1) is 18.8 Å². The number of morpholine rings is 1. The van der Waals surface area contributed by atoms with E-state index in [9.17, 15) is 14.0 Å². The molecule has 136 valence electrons. The molecule has 2 aromatic carbocycles. The second-order valence-electron chi connectivity index (χ2n) is 6.10. The van der Waals surface area contributed by atoms with E-state index in [4.69, 9.17) is 4.74 Å². The third-order valence-electron chi connectivity index (χ3n) is 4.26. The first-order chi connectivity index (χ1) is 12.6. The lowest BCUT2D eigenvalue weighted by molar-refractivity contribution is -0.116. The van der Waals surface area contributed by atoms with Gasteiger partial charge in [0.25, 0.3) is 0 Å². The number of carbonyl (C=O) groups is 2. The molecule has 0 saturated carbocycles. The molecule has 1 heterocycles. The number of amides is 1. The minimum absolute atomic E-state index is 0.00888. The quantitative estimate of drug-likeness (QED) is 0.807. The number of nitrogens with zero attached hydrogens (tertiary/aromatic N) is 1. The SMILES string of the molecule is O=C(CCC(=O)c1ccccc1F)Nc1cccc(N2CCOCC2)c1. The molecule has 2 aromatic rings. The molecule has 1 fully saturated rings. The Kier molecular flexibility index (Phi) is 5.96. The van der Waals surface area contributed by atoms with Gasteiger partial charge < -0.3 is 15.0 Å². The van der Waals surface area contributed by atoms with Gasteiger partial charge in [-0.05, 0) is 30.3 Å². The number of carbonyl (C=O) groups excluding carboxylic acids is 2. The summed E-state index contributed by atoms with van der Waals surface area (Å²) in [5.74, 6) is -1.20. The normalized spacial score (nSPS) is 14.1. The summed E-state index contributed by atoms with van der Waals surface area (Å²) in [6, 6.07) is 13.4. The average Bonchev–Trinajstić information content (AvgIpc) is 2.67. The molecule has 6 heteroatoms. The van der Waals surface area contributed by atoms with Crippen LogP contribution in [0.1, 0.15) is 23.2 Å². The Morgan fingerprint density at radius 3 is 2.58 bits per heavy atom. The van der Waals surface area contributed by atoms with Crippen LogP contribution in [0.5, 0.6) is 0 Å². The van der Waals surface area contributed by atoms with Crippen LogP contribution in [-0.2, 0) is 9.53 Å². The van der Waals surface area contributed by atoms with Crippen molar-refractivity contribution in [2.75, 3.05) is 36.5 Å². The maximum atomic E-state index is 13.6. The molecular weight excluding hydrogens is 335 g/mol. The second-order valence-corrected chi connectivity index (χ2v) is 6.10. The van der Waals surface area contributed by atoms with Gasteiger partial charge in [-0.25, -0.2) is 4.39 Å². The number of hydrogen-bond acceptors (Lipinski definition) is 4. The van der Waals surface area contributed by atoms with E-state index in [0.717, 1.165) is 18.8 Å². The van der Waals surface area contributed by atoms with Crippen molar-refractivity contribution < 1.29 is 18.7 Å². The van der Waals surface area contributed by atoms with Gasteiger partial charge >= 0.3 is 0 Å². The molecule has 0 radical (unpaired) electrons. The molecule has 26 heavy (non-hydrogen) atoms. The van der Waals surface area contributed by atoms with Crippen molar-refractivity contribution in [3.05, 3.63) is 59.9 Å². The van der Waals surface area contributed by atoms with Crippen molar-refractivity contribution in [2.45, 2.75) is 12.8 Å². The van der Waals surface area contributed by atoms with Gasteiger partial charge in [-0.1, -0.05) is 18.2 Å². The molecule has 1 aliphatic rings. The third-order valence-corrected chi connectivity index (χ3v) is 4.26. The van der Waals surface area contributed by atoms with Crippen LogP contribution < -0.4 is 10.2 Å². The molecule has 0 atom stereocenters. The first-order valence-corrected chi connectivity index (χ1v) is 8.64. The molecule has 0 unspecified atom stereocenters. The van der Waals surface area contributed by atoms with E-state index >= 15 is 0 Å². The summed E-state index contributed by atoms with van der Waals surface area (Å²) < 4.78 is 18.9. The molecule has 1 N–H and O–H groups in total. The average molecular weight is 356 g/mol. The fraction of sp³-hybridized carbons (Fsp3) is 0.300. The van der Waals surface area contributed by atoms with E-state index in [1.807, 2.05) is 18.2 Å². The molecule has 1 saturated heterocycles. The van der Waals surface area contributed by atoms with E-state index in [1.54, 1.807) is 12.1 Å². The number of nitrogens with one attached hydrogen (secondary N) is 1. The Balaban J connectivity index is 1.55. The van der Waals surface area contributed by atoms with Crippen molar-refractivity contribution >= 4 is 23.1 Å². The van der Waals surface area contributed by atoms with Gasteiger partial charge in [0.1, 0.15) is 5.82 Å². The zero-order chi connectivity index (χ0) is 18.4. The van der Waals surface area contributed by atoms with E-state index in [2.05, 4.69) is 10.2 Å². The fourth-order valence-electron chi connectivity index (χ4n) is 2.87. The summed E-state index contributed by atoms with van der Waals surface area (Å²) in [6.07, 6.45) is -0.0229. The maximum Gasteiger partial charge on any atom is 0.224 e. The maximum absolute atomic E-state index is 13.6. The first kappa shape index (κ1) is 18.1. The van der Waals surface area contributed by atoms with Crippen LogP contribution in [-0.4, -0.2) is 38.0 Å². The van der Waals surface area contributed by atoms with Crippen LogP contribution in [0, 0.1) is 5.82 Å². The van der Waals surface area contributed by atoms with Crippen LogP contribution in [0.25, 0.3) is 0 Å². The highest BCUT2D eigenvalue weighted by Crippen LogP contribution is 2.21. The van der Waals surface area contributed by atoms with Gasteiger partial charge in [-0.15, -0.1) is 0 Å². The highest BCUT2D eigenvalue weighted by Gasteiger charge is 2.14. The number of Topliss-reactive ketones (excluding diaryl/α,β-unsaturated/α-hetero) is 1. The van der Waals surface area contributed by atoms with E-state index < -0.39 is 5.82 Å². The number of ether oxygens (including phenoxy) is 1. The number of hydrogen-bond donors (Lipinski definition) is 1. The van der Waals surface area contributed by atoms with Crippen molar-refractivity contribution in [2.24, 2.45) is 0 Å². The second kappa shape index (κ2) is 8.58. The number of rotatable bonds is 6. The van der Waals surface area contributed by atoms with Crippen LogP contribution in [0.2, 0.25) is 0 Å². The molecule has 0 aromatic heterocycles. The number of halogens is 1. The fourth-order valence-corrected chi connectivity index (χ4v) is 2.87. The topological polar surface area (TPSA) is 58.6 Å². The summed E-state index contributed by atoms with van der Waals surface area (Å²) in [6.45, 7) is 3.01. The largest absolute Gasteiger partial charge is 0.378 e. The van der Waals surface area contributed by atoms with Crippen LogP contribution in [0.3, 0.4) is 0 Å². The van der Waals surface area contributed by atoms with E-state index in [-0.39, 0.29) is 30.1 Å². The molecular formula is C20H21FN2O3. The Morgan fingerprint density at radius 1 is 1.04 bits per heavy atom. The first-order valence-electron chi connectivity index (χ1n) is 8.64. The molecule has 1 aliphatic heterocycles. The highest BCUT2D eigenvalue weighted by molar-refractivity contribution is 6.00. The molecule has 0 bridgehead atoms. The Bertz CT molecular complexity index is 788. The van der Waals surface area contributed by atoms with Crippen LogP contribution in [0.4, 0.5) is 15.8 Å². The zero-order valence-corrected chi connectivity index (χ0v) is 14.4. The summed E-state index contributed by atoms with van der Waals surface area (Å²) >= 11 is 0. The lowest BCUT2D eigenvalue weighted by Gasteiger charge is -2.29. The third kappa shape index (κ3) is 4.67. The van der Waals surface area contributed by atoms with E-state index in [0.29, 0.717) is 18.9 Å². The monoisotopic (exact) mass is 356 g/mol. The van der Waals surface area contributed by atoms with Gasteiger partial charge in [0.15, 0.2) is 5.78 Å².